The van der Waals surface area contributed by atoms with Gasteiger partial charge in [-0.1, -0.05) is 42.5 Å². The molecule has 0 aliphatic carbocycles. The Morgan fingerprint density at radius 3 is 2.48 bits per heavy atom. The summed E-state index contributed by atoms with van der Waals surface area (Å²) in [4.78, 5) is 15.4. The second-order valence-corrected chi connectivity index (χ2v) is 6.76. The van der Waals surface area contributed by atoms with Crippen molar-refractivity contribution in [2.75, 3.05) is 0 Å². The van der Waals surface area contributed by atoms with E-state index in [1.54, 1.807) is 6.20 Å². The van der Waals surface area contributed by atoms with Gasteiger partial charge in [0.05, 0.1) is 12.4 Å². The number of esters is 1. The fraction of sp³-hybridized carbons (Fsp3) is 0.273. The minimum atomic E-state index is -0.295. The summed E-state index contributed by atoms with van der Waals surface area (Å²) in [6, 6.07) is 14.7. The molecule has 1 N–H and O–H groups in total. The molecule has 5 nitrogen and oxygen atoms in total. The molecule has 0 amide bonds. The Labute approximate surface area is 160 Å². The summed E-state index contributed by atoms with van der Waals surface area (Å²) in [6.45, 7) is 6.88. The summed E-state index contributed by atoms with van der Waals surface area (Å²) in [5.74, 6) is 0.362. The lowest BCUT2D eigenvalue weighted by atomic mass is 10.0. The molecule has 1 heterocycles. The number of aromatic nitrogens is 2. The van der Waals surface area contributed by atoms with Gasteiger partial charge in [0.15, 0.2) is 0 Å². The van der Waals surface area contributed by atoms with E-state index in [4.69, 9.17) is 4.74 Å². The summed E-state index contributed by atoms with van der Waals surface area (Å²) >= 11 is 0. The number of carbonyl (C=O) groups is 1. The molecular formula is C22H25N3O2. The molecule has 3 rings (SSSR count). The SMILES string of the molecule is CC(=O)Oc1c(C)cc(CN[C@@H](Cn2ccnc2)c2ccccc2)cc1C. The molecule has 0 aliphatic rings. The molecule has 0 fully saturated rings. The molecule has 0 radical (unpaired) electrons. The van der Waals surface area contributed by atoms with Crippen LogP contribution < -0.4 is 10.1 Å². The zero-order valence-corrected chi connectivity index (χ0v) is 16.0. The number of ether oxygens (including phenoxy) is 1. The predicted molar refractivity (Wildman–Crippen MR) is 105 cm³/mol. The van der Waals surface area contributed by atoms with Crippen LogP contribution in [0.4, 0.5) is 0 Å². The van der Waals surface area contributed by atoms with Gasteiger partial charge in [-0.25, -0.2) is 4.98 Å². The molecular weight excluding hydrogens is 338 g/mol. The van der Waals surface area contributed by atoms with Gasteiger partial charge in [0.25, 0.3) is 0 Å². The summed E-state index contributed by atoms with van der Waals surface area (Å²) in [5, 5.41) is 3.65. The minimum absolute atomic E-state index is 0.161. The van der Waals surface area contributed by atoms with E-state index >= 15 is 0 Å². The Kier molecular flexibility index (Phi) is 6.04. The number of benzene rings is 2. The lowest BCUT2D eigenvalue weighted by molar-refractivity contribution is -0.131. The third-order valence-electron chi connectivity index (χ3n) is 4.47. The molecule has 0 aliphatic heterocycles. The summed E-state index contributed by atoms with van der Waals surface area (Å²) in [6.07, 6.45) is 5.60. The van der Waals surface area contributed by atoms with E-state index in [-0.39, 0.29) is 12.0 Å². The number of rotatable bonds is 7. The van der Waals surface area contributed by atoms with Crippen LogP contribution in [0.2, 0.25) is 0 Å². The zero-order valence-electron chi connectivity index (χ0n) is 16.0. The van der Waals surface area contributed by atoms with Crippen LogP contribution in [0.3, 0.4) is 0 Å². The van der Waals surface area contributed by atoms with Gasteiger partial charge in [-0.3, -0.25) is 4.79 Å². The van der Waals surface area contributed by atoms with Gasteiger partial charge in [-0.15, -0.1) is 0 Å². The van der Waals surface area contributed by atoms with Crippen molar-refractivity contribution in [1.29, 1.82) is 0 Å². The van der Waals surface area contributed by atoms with E-state index in [0.29, 0.717) is 5.75 Å². The highest BCUT2D eigenvalue weighted by Crippen LogP contribution is 2.25. The van der Waals surface area contributed by atoms with Crippen LogP contribution in [0.5, 0.6) is 5.75 Å². The van der Waals surface area contributed by atoms with Crippen molar-refractivity contribution in [3.8, 4) is 5.75 Å². The molecule has 0 unspecified atom stereocenters. The van der Waals surface area contributed by atoms with Gasteiger partial charge in [0, 0.05) is 32.4 Å². The van der Waals surface area contributed by atoms with Crippen molar-refractivity contribution in [3.63, 3.8) is 0 Å². The van der Waals surface area contributed by atoms with Crippen LogP contribution in [0, 0.1) is 13.8 Å². The second-order valence-electron chi connectivity index (χ2n) is 6.76. The first-order valence-electron chi connectivity index (χ1n) is 9.05. The predicted octanol–water partition coefficient (Wildman–Crippen LogP) is 3.96. The third kappa shape index (κ3) is 5.05. The monoisotopic (exact) mass is 363 g/mol. The Morgan fingerprint density at radius 2 is 1.89 bits per heavy atom. The number of hydrogen-bond acceptors (Lipinski definition) is 4. The smallest absolute Gasteiger partial charge is 0.308 e. The maximum Gasteiger partial charge on any atom is 0.308 e. The van der Waals surface area contributed by atoms with Crippen LogP contribution >= 0.6 is 0 Å². The molecule has 0 saturated carbocycles. The molecule has 0 saturated heterocycles. The number of carbonyl (C=O) groups excluding carboxylic acids is 1. The van der Waals surface area contributed by atoms with Crippen molar-refractivity contribution in [2.45, 2.75) is 39.9 Å². The van der Waals surface area contributed by atoms with Crippen LogP contribution in [0.15, 0.2) is 61.2 Å². The molecule has 140 valence electrons. The summed E-state index contributed by atoms with van der Waals surface area (Å²) < 4.78 is 7.40. The average Bonchev–Trinajstić information content (AvgIpc) is 3.15. The molecule has 1 atom stereocenters. The topological polar surface area (TPSA) is 56.1 Å². The lowest BCUT2D eigenvalue weighted by Gasteiger charge is -2.21. The Morgan fingerprint density at radius 1 is 1.19 bits per heavy atom. The number of aryl methyl sites for hydroxylation is 2. The maximum atomic E-state index is 11.3. The van der Waals surface area contributed by atoms with E-state index in [9.17, 15) is 4.79 Å². The van der Waals surface area contributed by atoms with Crippen molar-refractivity contribution < 1.29 is 9.53 Å². The fourth-order valence-corrected chi connectivity index (χ4v) is 3.27. The van der Waals surface area contributed by atoms with Crippen molar-refractivity contribution in [3.05, 3.63) is 83.4 Å². The van der Waals surface area contributed by atoms with Gasteiger partial charge in [0.1, 0.15) is 5.75 Å². The maximum absolute atomic E-state index is 11.3. The first kappa shape index (κ1) is 18.9. The Bertz CT molecular complexity index is 866. The largest absolute Gasteiger partial charge is 0.426 e. The van der Waals surface area contributed by atoms with Crippen LogP contribution in [0.1, 0.15) is 35.2 Å². The molecule has 2 aromatic carbocycles. The number of nitrogens with zero attached hydrogens (tertiary/aromatic N) is 2. The quantitative estimate of drug-likeness (QED) is 0.510. The zero-order chi connectivity index (χ0) is 19.2. The van der Waals surface area contributed by atoms with Crippen molar-refractivity contribution in [2.24, 2.45) is 0 Å². The van der Waals surface area contributed by atoms with Gasteiger partial charge in [-0.2, -0.15) is 0 Å². The van der Waals surface area contributed by atoms with Gasteiger partial charge in [-0.05, 0) is 36.1 Å². The van der Waals surface area contributed by atoms with E-state index in [1.165, 1.54) is 12.5 Å². The van der Waals surface area contributed by atoms with Crippen LogP contribution in [-0.2, 0) is 17.9 Å². The Hall–Kier alpha value is -2.92. The number of hydrogen-bond donors (Lipinski definition) is 1. The normalized spacial score (nSPS) is 12.0. The average molecular weight is 363 g/mol. The summed E-state index contributed by atoms with van der Waals surface area (Å²) in [7, 11) is 0. The second kappa shape index (κ2) is 8.64. The van der Waals surface area contributed by atoms with E-state index in [0.717, 1.165) is 29.8 Å². The molecule has 27 heavy (non-hydrogen) atoms. The Balaban J connectivity index is 1.76. The standard InChI is InChI=1S/C22H25N3O2/c1-16-11-19(12-17(2)22(16)27-18(3)26)13-24-21(14-25-10-9-23-15-25)20-7-5-4-6-8-20/h4-12,15,21,24H,13-14H2,1-3H3/t21-/m0/s1. The highest BCUT2D eigenvalue weighted by atomic mass is 16.5. The first-order chi connectivity index (χ1) is 13.0. The number of nitrogens with one attached hydrogen (secondary N) is 1. The summed E-state index contributed by atoms with van der Waals surface area (Å²) in [5.41, 5.74) is 4.32. The molecule has 0 spiro atoms. The third-order valence-corrected chi connectivity index (χ3v) is 4.47. The molecule has 3 aromatic rings. The van der Waals surface area contributed by atoms with Gasteiger partial charge >= 0.3 is 5.97 Å². The first-order valence-corrected chi connectivity index (χ1v) is 9.05. The van der Waals surface area contributed by atoms with E-state index in [2.05, 4.69) is 51.3 Å². The minimum Gasteiger partial charge on any atom is -0.426 e. The van der Waals surface area contributed by atoms with Crippen LogP contribution in [-0.4, -0.2) is 15.5 Å². The molecule has 5 heteroatoms. The fourth-order valence-electron chi connectivity index (χ4n) is 3.27. The van der Waals surface area contributed by atoms with Gasteiger partial charge < -0.3 is 14.6 Å². The number of imidazole rings is 1. The van der Waals surface area contributed by atoms with E-state index < -0.39 is 0 Å². The van der Waals surface area contributed by atoms with Crippen LogP contribution in [0.25, 0.3) is 0 Å². The highest BCUT2D eigenvalue weighted by molar-refractivity contribution is 5.70. The van der Waals surface area contributed by atoms with Crippen molar-refractivity contribution in [1.82, 2.24) is 14.9 Å². The highest BCUT2D eigenvalue weighted by Gasteiger charge is 2.13. The molecule has 0 bridgehead atoms. The lowest BCUT2D eigenvalue weighted by Crippen LogP contribution is -2.25. The van der Waals surface area contributed by atoms with Crippen molar-refractivity contribution >= 4 is 5.97 Å². The molecule has 1 aromatic heterocycles. The van der Waals surface area contributed by atoms with E-state index in [1.807, 2.05) is 32.4 Å². The van der Waals surface area contributed by atoms with Gasteiger partial charge in [0.2, 0.25) is 0 Å².